The van der Waals surface area contributed by atoms with E-state index in [1.54, 1.807) is 18.2 Å². The summed E-state index contributed by atoms with van der Waals surface area (Å²) >= 11 is 0. The number of rotatable bonds is 7. The minimum Gasteiger partial charge on any atom is -0.426 e. The zero-order chi connectivity index (χ0) is 15.0. The van der Waals surface area contributed by atoms with Crippen LogP contribution in [0.25, 0.3) is 0 Å². The second kappa shape index (κ2) is 7.93. The molecule has 0 spiro atoms. The van der Waals surface area contributed by atoms with Crippen LogP contribution in [0.5, 0.6) is 5.75 Å². The van der Waals surface area contributed by atoms with Crippen LogP contribution < -0.4 is 10.2 Å². The van der Waals surface area contributed by atoms with Crippen LogP contribution in [0, 0.1) is 0 Å². The lowest BCUT2D eigenvalue weighted by molar-refractivity contribution is -0.132. The highest BCUT2D eigenvalue weighted by molar-refractivity contribution is 5.93. The maximum atomic E-state index is 11.8. The largest absolute Gasteiger partial charge is 0.426 e. The zero-order valence-corrected chi connectivity index (χ0v) is 11.5. The molecule has 0 fully saturated rings. The molecule has 0 aliphatic rings. The van der Waals surface area contributed by atoms with Crippen LogP contribution in [0.2, 0.25) is 0 Å². The lowest BCUT2D eigenvalue weighted by Crippen LogP contribution is -2.19. The summed E-state index contributed by atoms with van der Waals surface area (Å²) in [6.07, 6.45) is 3.05. The van der Waals surface area contributed by atoms with Crippen molar-refractivity contribution in [3.05, 3.63) is 29.3 Å². The molecule has 108 valence electrons. The normalized spacial score (nSPS) is 9.70. The Balaban J connectivity index is 3.01. The van der Waals surface area contributed by atoms with Gasteiger partial charge in [-0.1, -0.05) is 19.4 Å². The van der Waals surface area contributed by atoms with Crippen molar-refractivity contribution in [2.24, 2.45) is 0 Å². The van der Waals surface area contributed by atoms with Crippen molar-refractivity contribution < 1.29 is 24.0 Å². The van der Waals surface area contributed by atoms with Gasteiger partial charge in [0, 0.05) is 6.92 Å². The van der Waals surface area contributed by atoms with E-state index in [9.17, 15) is 14.4 Å². The van der Waals surface area contributed by atoms with Gasteiger partial charge < -0.3 is 9.57 Å². The first-order chi connectivity index (χ1) is 9.58. The average Bonchev–Trinajstić information content (AvgIpc) is 2.43. The number of esters is 1. The quantitative estimate of drug-likeness (QED) is 0.356. The Bertz CT molecular complexity index is 498. The highest BCUT2D eigenvalue weighted by atomic mass is 16.7. The highest BCUT2D eigenvalue weighted by Crippen LogP contribution is 2.22. The van der Waals surface area contributed by atoms with Crippen molar-refractivity contribution in [3.63, 3.8) is 0 Å². The molecule has 20 heavy (non-hydrogen) atoms. The topological polar surface area (TPSA) is 81.7 Å². The van der Waals surface area contributed by atoms with Crippen LogP contribution in [-0.4, -0.2) is 18.3 Å². The second-order valence-electron chi connectivity index (χ2n) is 4.15. The first kappa shape index (κ1) is 15.7. The van der Waals surface area contributed by atoms with Crippen LogP contribution in [-0.2, 0) is 20.8 Å². The molecular weight excluding hydrogens is 262 g/mol. The Labute approximate surface area is 117 Å². The SMILES string of the molecule is CCCCc1ccc(OC(C)=O)c(C(=O)ONC=O)c1. The number of amides is 1. The molecule has 1 aromatic rings. The standard InChI is InChI=1S/C14H17NO5/c1-3-4-5-11-6-7-13(19-10(2)17)12(8-11)14(18)20-15-9-16/h6-9H,3-5H2,1-2H3,(H,15,16). The van der Waals surface area contributed by atoms with Crippen molar-refractivity contribution in [1.29, 1.82) is 0 Å². The number of hydrogen-bond donors (Lipinski definition) is 1. The molecule has 0 aliphatic carbocycles. The van der Waals surface area contributed by atoms with Gasteiger partial charge >= 0.3 is 11.9 Å². The van der Waals surface area contributed by atoms with Gasteiger partial charge in [0.15, 0.2) is 0 Å². The predicted octanol–water partition coefficient (Wildman–Crippen LogP) is 1.77. The molecule has 0 saturated heterocycles. The number of hydrogen-bond acceptors (Lipinski definition) is 5. The lowest BCUT2D eigenvalue weighted by atomic mass is 10.0. The Hall–Kier alpha value is -2.37. The Morgan fingerprint density at radius 3 is 2.70 bits per heavy atom. The molecule has 0 unspecified atom stereocenters. The summed E-state index contributed by atoms with van der Waals surface area (Å²) in [5.74, 6) is -1.22. The van der Waals surface area contributed by atoms with Crippen LogP contribution >= 0.6 is 0 Å². The molecule has 1 amide bonds. The number of carbonyl (C=O) groups excluding carboxylic acids is 3. The predicted molar refractivity (Wildman–Crippen MR) is 71.0 cm³/mol. The van der Waals surface area contributed by atoms with Crippen LogP contribution in [0.1, 0.15) is 42.6 Å². The summed E-state index contributed by atoms with van der Waals surface area (Å²) < 4.78 is 4.95. The molecule has 1 aromatic carbocycles. The van der Waals surface area contributed by atoms with E-state index in [0.29, 0.717) is 0 Å². The minimum atomic E-state index is -0.785. The molecule has 0 bridgehead atoms. The van der Waals surface area contributed by atoms with E-state index in [4.69, 9.17) is 4.74 Å². The summed E-state index contributed by atoms with van der Waals surface area (Å²) in [5.41, 5.74) is 2.85. The molecule has 0 radical (unpaired) electrons. The molecule has 0 heterocycles. The number of aryl methyl sites for hydroxylation is 1. The van der Waals surface area contributed by atoms with Crippen molar-refractivity contribution in [3.8, 4) is 5.75 Å². The van der Waals surface area contributed by atoms with Gasteiger partial charge in [-0.15, -0.1) is 0 Å². The van der Waals surface area contributed by atoms with Gasteiger partial charge in [0.2, 0.25) is 6.41 Å². The van der Waals surface area contributed by atoms with Gasteiger partial charge in [-0.3, -0.25) is 9.59 Å². The van der Waals surface area contributed by atoms with E-state index in [1.807, 2.05) is 5.48 Å². The van der Waals surface area contributed by atoms with E-state index >= 15 is 0 Å². The summed E-state index contributed by atoms with van der Waals surface area (Å²) in [5, 5.41) is 0. The van der Waals surface area contributed by atoms with E-state index in [-0.39, 0.29) is 17.7 Å². The third-order valence-electron chi connectivity index (χ3n) is 2.54. The Morgan fingerprint density at radius 2 is 2.10 bits per heavy atom. The second-order valence-corrected chi connectivity index (χ2v) is 4.15. The van der Waals surface area contributed by atoms with E-state index < -0.39 is 11.9 Å². The minimum absolute atomic E-state index is 0.100. The van der Waals surface area contributed by atoms with E-state index in [0.717, 1.165) is 24.8 Å². The molecule has 1 rings (SSSR count). The summed E-state index contributed by atoms with van der Waals surface area (Å²) in [4.78, 5) is 37.5. The number of unbranched alkanes of at least 4 members (excludes halogenated alkanes) is 1. The summed E-state index contributed by atoms with van der Waals surface area (Å²) in [6.45, 7) is 3.31. The van der Waals surface area contributed by atoms with Gasteiger partial charge in [0.1, 0.15) is 11.3 Å². The van der Waals surface area contributed by atoms with Crippen molar-refractivity contribution >= 4 is 18.3 Å². The summed E-state index contributed by atoms with van der Waals surface area (Å²) in [6, 6.07) is 4.94. The lowest BCUT2D eigenvalue weighted by Gasteiger charge is -2.10. The summed E-state index contributed by atoms with van der Waals surface area (Å²) in [7, 11) is 0. The fourth-order valence-electron chi connectivity index (χ4n) is 1.65. The number of ether oxygens (including phenoxy) is 1. The number of carbonyl (C=O) groups is 3. The van der Waals surface area contributed by atoms with Crippen LogP contribution in [0.15, 0.2) is 18.2 Å². The smallest absolute Gasteiger partial charge is 0.366 e. The molecular formula is C14H17NO5. The molecule has 0 saturated carbocycles. The van der Waals surface area contributed by atoms with Crippen LogP contribution in [0.4, 0.5) is 0 Å². The van der Waals surface area contributed by atoms with Gasteiger partial charge in [-0.25, -0.2) is 4.79 Å². The Kier molecular flexibility index (Phi) is 6.22. The van der Waals surface area contributed by atoms with Crippen LogP contribution in [0.3, 0.4) is 0 Å². The third-order valence-corrected chi connectivity index (χ3v) is 2.54. The van der Waals surface area contributed by atoms with Gasteiger partial charge in [0.25, 0.3) is 0 Å². The van der Waals surface area contributed by atoms with Gasteiger partial charge in [-0.05, 0) is 30.5 Å². The molecule has 6 heteroatoms. The molecule has 0 aliphatic heterocycles. The zero-order valence-electron chi connectivity index (χ0n) is 11.5. The maximum Gasteiger partial charge on any atom is 0.366 e. The van der Waals surface area contributed by atoms with E-state index in [1.165, 1.54) is 6.92 Å². The van der Waals surface area contributed by atoms with Gasteiger partial charge in [-0.2, -0.15) is 5.48 Å². The first-order valence-electron chi connectivity index (χ1n) is 6.30. The highest BCUT2D eigenvalue weighted by Gasteiger charge is 2.16. The first-order valence-corrected chi connectivity index (χ1v) is 6.30. The molecule has 0 atom stereocenters. The molecule has 1 N–H and O–H groups in total. The number of nitrogens with one attached hydrogen (secondary N) is 1. The molecule has 6 nitrogen and oxygen atoms in total. The van der Waals surface area contributed by atoms with Crippen molar-refractivity contribution in [1.82, 2.24) is 5.48 Å². The van der Waals surface area contributed by atoms with E-state index in [2.05, 4.69) is 11.8 Å². The third kappa shape index (κ3) is 4.72. The average molecular weight is 279 g/mol. The molecule has 0 aromatic heterocycles. The fraction of sp³-hybridized carbons (Fsp3) is 0.357. The Morgan fingerprint density at radius 1 is 1.35 bits per heavy atom. The van der Waals surface area contributed by atoms with Crippen molar-refractivity contribution in [2.45, 2.75) is 33.1 Å². The fourth-order valence-corrected chi connectivity index (χ4v) is 1.65. The number of benzene rings is 1. The van der Waals surface area contributed by atoms with Crippen molar-refractivity contribution in [2.75, 3.05) is 0 Å². The maximum absolute atomic E-state index is 11.8. The monoisotopic (exact) mass is 279 g/mol. The van der Waals surface area contributed by atoms with Gasteiger partial charge in [0.05, 0.1) is 0 Å². The number of hydroxylamine groups is 1.